The van der Waals surface area contributed by atoms with Crippen molar-refractivity contribution in [3.63, 3.8) is 0 Å². The lowest BCUT2D eigenvalue weighted by Crippen LogP contribution is -2.48. The van der Waals surface area contributed by atoms with Crippen LogP contribution in [0.5, 0.6) is 0 Å². The molecular weight excluding hydrogens is 190 g/mol. The molecule has 2 unspecified atom stereocenters. The van der Waals surface area contributed by atoms with E-state index in [4.69, 9.17) is 15.2 Å². The largest absolute Gasteiger partial charge is 0.380 e. The molecule has 0 spiro atoms. The highest BCUT2D eigenvalue weighted by molar-refractivity contribution is 4.84. The second kappa shape index (κ2) is 7.20. The topological polar surface area (TPSA) is 44.5 Å². The Morgan fingerprint density at radius 2 is 1.80 bits per heavy atom. The van der Waals surface area contributed by atoms with Gasteiger partial charge in [0.25, 0.3) is 0 Å². The molecule has 3 nitrogen and oxygen atoms in total. The van der Waals surface area contributed by atoms with Gasteiger partial charge in [0.2, 0.25) is 0 Å². The summed E-state index contributed by atoms with van der Waals surface area (Å²) in [6.45, 7) is 12.6. The number of hydrogen-bond acceptors (Lipinski definition) is 3. The van der Waals surface area contributed by atoms with E-state index in [0.29, 0.717) is 13.2 Å². The van der Waals surface area contributed by atoms with Crippen LogP contribution in [0.2, 0.25) is 0 Å². The standard InChI is InChI=1S/C12H27NO2/c1-6-8-14-9-10(13)11(15-7-2)12(3,4)5/h10-11H,6-9,13H2,1-5H3. The van der Waals surface area contributed by atoms with Crippen molar-refractivity contribution in [3.8, 4) is 0 Å². The first-order valence-corrected chi connectivity index (χ1v) is 5.88. The van der Waals surface area contributed by atoms with Gasteiger partial charge in [-0.3, -0.25) is 0 Å². The minimum absolute atomic E-state index is 0.0449. The van der Waals surface area contributed by atoms with Crippen molar-refractivity contribution in [2.75, 3.05) is 19.8 Å². The van der Waals surface area contributed by atoms with Crippen LogP contribution in [-0.2, 0) is 9.47 Å². The van der Waals surface area contributed by atoms with E-state index in [-0.39, 0.29) is 17.6 Å². The van der Waals surface area contributed by atoms with Gasteiger partial charge in [0.05, 0.1) is 18.8 Å². The minimum atomic E-state index is -0.0449. The van der Waals surface area contributed by atoms with Gasteiger partial charge in [-0.2, -0.15) is 0 Å². The molecule has 0 saturated carbocycles. The second-order valence-corrected chi connectivity index (χ2v) is 4.98. The Kier molecular flexibility index (Phi) is 7.14. The summed E-state index contributed by atoms with van der Waals surface area (Å²) in [4.78, 5) is 0. The van der Waals surface area contributed by atoms with Gasteiger partial charge in [0, 0.05) is 13.2 Å². The summed E-state index contributed by atoms with van der Waals surface area (Å²) < 4.78 is 11.2. The lowest BCUT2D eigenvalue weighted by Gasteiger charge is -2.34. The highest BCUT2D eigenvalue weighted by Gasteiger charge is 2.30. The average Bonchev–Trinajstić information content (AvgIpc) is 2.12. The molecule has 15 heavy (non-hydrogen) atoms. The highest BCUT2D eigenvalue weighted by Crippen LogP contribution is 2.24. The van der Waals surface area contributed by atoms with Crippen LogP contribution in [0.3, 0.4) is 0 Å². The Labute approximate surface area is 94.3 Å². The summed E-state index contributed by atoms with van der Waals surface area (Å²) in [7, 11) is 0. The predicted molar refractivity (Wildman–Crippen MR) is 64.0 cm³/mol. The summed E-state index contributed by atoms with van der Waals surface area (Å²) in [5, 5.41) is 0. The van der Waals surface area contributed by atoms with Crippen molar-refractivity contribution in [1.29, 1.82) is 0 Å². The summed E-state index contributed by atoms with van der Waals surface area (Å²) in [5.74, 6) is 0. The molecule has 2 N–H and O–H groups in total. The van der Waals surface area contributed by atoms with E-state index in [2.05, 4.69) is 27.7 Å². The van der Waals surface area contributed by atoms with E-state index < -0.39 is 0 Å². The van der Waals surface area contributed by atoms with Gasteiger partial charge >= 0.3 is 0 Å². The fourth-order valence-corrected chi connectivity index (χ4v) is 1.65. The molecule has 0 fully saturated rings. The fraction of sp³-hybridized carbons (Fsp3) is 1.00. The van der Waals surface area contributed by atoms with Crippen molar-refractivity contribution in [2.24, 2.45) is 11.1 Å². The Balaban J connectivity index is 4.11. The third-order valence-electron chi connectivity index (χ3n) is 2.25. The van der Waals surface area contributed by atoms with Crippen LogP contribution < -0.4 is 5.73 Å². The minimum Gasteiger partial charge on any atom is -0.380 e. The van der Waals surface area contributed by atoms with Crippen LogP contribution in [0.4, 0.5) is 0 Å². The first-order valence-electron chi connectivity index (χ1n) is 5.88. The zero-order valence-electron chi connectivity index (χ0n) is 10.9. The second-order valence-electron chi connectivity index (χ2n) is 4.98. The number of ether oxygens (including phenoxy) is 2. The first-order chi connectivity index (χ1) is 6.93. The molecule has 0 aromatic carbocycles. The molecule has 2 atom stereocenters. The van der Waals surface area contributed by atoms with Crippen LogP contribution in [0, 0.1) is 5.41 Å². The molecule has 0 aromatic rings. The van der Waals surface area contributed by atoms with Crippen LogP contribution in [0.25, 0.3) is 0 Å². The Bertz CT molecular complexity index is 154. The molecule has 0 aliphatic rings. The van der Waals surface area contributed by atoms with Crippen molar-refractivity contribution in [2.45, 2.75) is 53.2 Å². The van der Waals surface area contributed by atoms with E-state index in [1.165, 1.54) is 0 Å². The van der Waals surface area contributed by atoms with Crippen LogP contribution in [-0.4, -0.2) is 32.0 Å². The molecule has 0 rings (SSSR count). The van der Waals surface area contributed by atoms with Gasteiger partial charge in [-0.25, -0.2) is 0 Å². The average molecular weight is 217 g/mol. The summed E-state index contributed by atoms with van der Waals surface area (Å²) >= 11 is 0. The molecule has 0 saturated heterocycles. The van der Waals surface area contributed by atoms with Gasteiger partial charge in [-0.1, -0.05) is 27.7 Å². The van der Waals surface area contributed by atoms with E-state index in [9.17, 15) is 0 Å². The van der Waals surface area contributed by atoms with E-state index in [0.717, 1.165) is 13.0 Å². The number of rotatable bonds is 7. The zero-order chi connectivity index (χ0) is 11.9. The highest BCUT2D eigenvalue weighted by atomic mass is 16.5. The van der Waals surface area contributed by atoms with Crippen molar-refractivity contribution >= 4 is 0 Å². The van der Waals surface area contributed by atoms with E-state index in [1.807, 2.05) is 6.92 Å². The normalized spacial score (nSPS) is 16.4. The van der Waals surface area contributed by atoms with Crippen molar-refractivity contribution in [3.05, 3.63) is 0 Å². The van der Waals surface area contributed by atoms with Gasteiger partial charge in [0.15, 0.2) is 0 Å². The lowest BCUT2D eigenvalue weighted by atomic mass is 9.85. The first kappa shape index (κ1) is 14.9. The maximum Gasteiger partial charge on any atom is 0.0796 e. The number of hydrogen-bond donors (Lipinski definition) is 1. The van der Waals surface area contributed by atoms with E-state index >= 15 is 0 Å². The molecule has 0 bridgehead atoms. The number of nitrogens with two attached hydrogens (primary N) is 1. The SMILES string of the molecule is CCCOCC(N)C(OCC)C(C)(C)C. The zero-order valence-corrected chi connectivity index (χ0v) is 10.9. The molecule has 0 aliphatic carbocycles. The molecule has 3 heteroatoms. The maximum absolute atomic E-state index is 6.08. The third kappa shape index (κ3) is 6.13. The quantitative estimate of drug-likeness (QED) is 0.665. The molecule has 0 heterocycles. The summed E-state index contributed by atoms with van der Waals surface area (Å²) in [6.07, 6.45) is 1.08. The van der Waals surface area contributed by atoms with Gasteiger partial charge < -0.3 is 15.2 Å². The Hall–Kier alpha value is -0.120. The summed E-state index contributed by atoms with van der Waals surface area (Å²) in [5.41, 5.74) is 6.14. The Morgan fingerprint density at radius 1 is 1.20 bits per heavy atom. The van der Waals surface area contributed by atoms with E-state index in [1.54, 1.807) is 0 Å². The molecular formula is C12H27NO2. The molecule has 0 amide bonds. The molecule has 0 aromatic heterocycles. The van der Waals surface area contributed by atoms with Crippen LogP contribution in [0.15, 0.2) is 0 Å². The monoisotopic (exact) mass is 217 g/mol. The van der Waals surface area contributed by atoms with Crippen molar-refractivity contribution < 1.29 is 9.47 Å². The fourth-order valence-electron chi connectivity index (χ4n) is 1.65. The lowest BCUT2D eigenvalue weighted by molar-refractivity contribution is -0.0463. The van der Waals surface area contributed by atoms with Crippen molar-refractivity contribution in [1.82, 2.24) is 0 Å². The third-order valence-corrected chi connectivity index (χ3v) is 2.25. The predicted octanol–water partition coefficient (Wildman–Crippen LogP) is 2.19. The molecule has 0 radical (unpaired) electrons. The van der Waals surface area contributed by atoms with Gasteiger partial charge in [0.1, 0.15) is 0 Å². The maximum atomic E-state index is 6.08. The van der Waals surface area contributed by atoms with Crippen LogP contribution in [0.1, 0.15) is 41.0 Å². The molecule has 92 valence electrons. The summed E-state index contributed by atoms with van der Waals surface area (Å²) in [6, 6.07) is -0.0449. The van der Waals surface area contributed by atoms with Crippen LogP contribution >= 0.6 is 0 Å². The van der Waals surface area contributed by atoms with Gasteiger partial charge in [-0.05, 0) is 18.8 Å². The molecule has 0 aliphatic heterocycles. The smallest absolute Gasteiger partial charge is 0.0796 e. The Morgan fingerprint density at radius 3 is 2.20 bits per heavy atom. The van der Waals surface area contributed by atoms with Gasteiger partial charge in [-0.15, -0.1) is 0 Å².